The Morgan fingerprint density at radius 3 is 1.96 bits per heavy atom. The van der Waals surface area contributed by atoms with Crippen LogP contribution in [0.4, 0.5) is 0 Å². The van der Waals surface area contributed by atoms with E-state index in [1.165, 1.54) is 11.1 Å². The average molecular weight is 412 g/mol. The van der Waals surface area contributed by atoms with E-state index in [0.717, 1.165) is 16.3 Å². The standard InChI is InChI=1S/C13H12ClNS.C6H5Cl2N/c1-10-7-8-12(14)15-13(10)16-9-11-5-3-2-4-6-11;1-4-2-3-5(7)9-6(4)8/h2-8H,9H2,1H3;2-3H,1H3. The number of halogens is 3. The van der Waals surface area contributed by atoms with Crippen LogP contribution < -0.4 is 0 Å². The van der Waals surface area contributed by atoms with Crippen molar-refractivity contribution >= 4 is 46.6 Å². The highest BCUT2D eigenvalue weighted by molar-refractivity contribution is 7.98. The summed E-state index contributed by atoms with van der Waals surface area (Å²) in [6.07, 6.45) is 0. The van der Waals surface area contributed by atoms with Crippen molar-refractivity contribution in [3.63, 3.8) is 0 Å². The zero-order valence-corrected chi connectivity index (χ0v) is 16.9. The molecule has 0 aliphatic carbocycles. The van der Waals surface area contributed by atoms with Gasteiger partial charge in [0, 0.05) is 5.75 Å². The quantitative estimate of drug-likeness (QED) is 0.341. The molecule has 0 aliphatic heterocycles. The van der Waals surface area contributed by atoms with Crippen LogP contribution in [0.15, 0.2) is 59.6 Å². The van der Waals surface area contributed by atoms with E-state index < -0.39 is 0 Å². The van der Waals surface area contributed by atoms with Gasteiger partial charge in [0.05, 0.1) is 0 Å². The minimum Gasteiger partial charge on any atom is -0.230 e. The Morgan fingerprint density at radius 2 is 1.36 bits per heavy atom. The first-order valence-electron chi connectivity index (χ1n) is 7.54. The average Bonchev–Trinajstić information content (AvgIpc) is 2.61. The van der Waals surface area contributed by atoms with Crippen LogP contribution in [-0.4, -0.2) is 9.97 Å². The smallest absolute Gasteiger partial charge is 0.133 e. The van der Waals surface area contributed by atoms with E-state index in [1.54, 1.807) is 17.8 Å². The number of aryl methyl sites for hydroxylation is 2. The van der Waals surface area contributed by atoms with Crippen LogP contribution in [0.3, 0.4) is 0 Å². The second kappa shape index (κ2) is 10.0. The fourth-order valence-electron chi connectivity index (χ4n) is 1.84. The van der Waals surface area contributed by atoms with Crippen LogP contribution in [-0.2, 0) is 5.75 Å². The minimum atomic E-state index is 0.436. The maximum Gasteiger partial charge on any atom is 0.133 e. The zero-order valence-electron chi connectivity index (χ0n) is 13.8. The summed E-state index contributed by atoms with van der Waals surface area (Å²) in [5.74, 6) is 0.926. The number of pyridine rings is 2. The normalized spacial score (nSPS) is 10.1. The molecule has 25 heavy (non-hydrogen) atoms. The van der Waals surface area contributed by atoms with Crippen molar-refractivity contribution in [1.82, 2.24) is 9.97 Å². The Morgan fingerprint density at radius 1 is 0.760 bits per heavy atom. The summed E-state index contributed by atoms with van der Waals surface area (Å²) in [4.78, 5) is 8.12. The van der Waals surface area contributed by atoms with Crippen LogP contribution in [0.1, 0.15) is 16.7 Å². The van der Waals surface area contributed by atoms with E-state index in [-0.39, 0.29) is 0 Å². The van der Waals surface area contributed by atoms with E-state index >= 15 is 0 Å². The number of nitrogens with zero attached hydrogens (tertiary/aromatic N) is 2. The van der Waals surface area contributed by atoms with E-state index in [4.69, 9.17) is 34.8 Å². The Hall–Kier alpha value is -1.26. The second-order valence-corrected chi connectivity index (χ2v) is 7.37. The van der Waals surface area contributed by atoms with Crippen LogP contribution in [0.2, 0.25) is 15.5 Å². The van der Waals surface area contributed by atoms with Gasteiger partial charge in [0.25, 0.3) is 0 Å². The number of hydrogen-bond acceptors (Lipinski definition) is 3. The SMILES string of the molecule is Cc1ccc(Cl)nc1Cl.Cc1ccc(Cl)nc1SCc1ccccc1. The monoisotopic (exact) mass is 410 g/mol. The van der Waals surface area contributed by atoms with Gasteiger partial charge in [0.15, 0.2) is 0 Å². The third-order valence-corrected chi connectivity index (χ3v) is 5.20. The lowest BCUT2D eigenvalue weighted by Gasteiger charge is -2.04. The van der Waals surface area contributed by atoms with E-state index in [0.29, 0.717) is 15.5 Å². The molecule has 0 saturated heterocycles. The van der Waals surface area contributed by atoms with Gasteiger partial charge in [-0.2, -0.15) is 0 Å². The molecule has 2 aromatic heterocycles. The summed E-state index contributed by atoms with van der Waals surface area (Å²) >= 11 is 18.7. The van der Waals surface area contributed by atoms with Crippen molar-refractivity contribution in [2.75, 3.05) is 0 Å². The maximum absolute atomic E-state index is 5.87. The first-order chi connectivity index (χ1) is 12.0. The number of thioether (sulfide) groups is 1. The third-order valence-electron chi connectivity index (χ3n) is 3.24. The number of aromatic nitrogens is 2. The highest BCUT2D eigenvalue weighted by Gasteiger charge is 2.02. The molecule has 2 nitrogen and oxygen atoms in total. The van der Waals surface area contributed by atoms with Gasteiger partial charge in [-0.25, -0.2) is 9.97 Å². The van der Waals surface area contributed by atoms with Crippen LogP contribution in [0.5, 0.6) is 0 Å². The molecule has 3 aromatic rings. The Bertz CT molecular complexity index is 826. The van der Waals surface area contributed by atoms with Crippen molar-refractivity contribution in [3.05, 3.63) is 86.7 Å². The molecule has 3 rings (SSSR count). The summed E-state index contributed by atoms with van der Waals surface area (Å²) < 4.78 is 0. The molecule has 0 fully saturated rings. The van der Waals surface area contributed by atoms with Crippen LogP contribution >= 0.6 is 46.6 Å². The second-order valence-electron chi connectivity index (χ2n) is 5.27. The first-order valence-corrected chi connectivity index (χ1v) is 9.66. The van der Waals surface area contributed by atoms with E-state index in [2.05, 4.69) is 29.0 Å². The molecule has 1 aromatic carbocycles. The number of hydrogen-bond donors (Lipinski definition) is 0. The summed E-state index contributed by atoms with van der Waals surface area (Å²) in [7, 11) is 0. The largest absolute Gasteiger partial charge is 0.230 e. The Labute approximate surface area is 167 Å². The predicted octanol–water partition coefficient (Wildman–Crippen LogP) is 7.03. The van der Waals surface area contributed by atoms with Crippen molar-refractivity contribution in [2.24, 2.45) is 0 Å². The van der Waals surface area contributed by atoms with Gasteiger partial charge in [0.2, 0.25) is 0 Å². The molecule has 0 N–H and O–H groups in total. The van der Waals surface area contributed by atoms with Gasteiger partial charge in [-0.3, -0.25) is 0 Å². The van der Waals surface area contributed by atoms with Gasteiger partial charge in [-0.15, -0.1) is 11.8 Å². The van der Waals surface area contributed by atoms with E-state index in [9.17, 15) is 0 Å². The van der Waals surface area contributed by atoms with Crippen molar-refractivity contribution in [3.8, 4) is 0 Å². The Kier molecular flexibility index (Phi) is 8.04. The summed E-state index contributed by atoms with van der Waals surface area (Å²) in [6.45, 7) is 3.93. The maximum atomic E-state index is 5.87. The molecule has 130 valence electrons. The Balaban J connectivity index is 0.000000212. The van der Waals surface area contributed by atoms with Crippen molar-refractivity contribution in [1.29, 1.82) is 0 Å². The predicted molar refractivity (Wildman–Crippen MR) is 109 cm³/mol. The fraction of sp³-hybridized carbons (Fsp3) is 0.158. The molecule has 0 amide bonds. The van der Waals surface area contributed by atoms with Gasteiger partial charge in [-0.1, -0.05) is 77.3 Å². The molecular formula is C19H17Cl3N2S. The summed E-state index contributed by atoms with van der Waals surface area (Å²) in [5, 5.41) is 2.48. The molecule has 6 heteroatoms. The molecule has 0 spiro atoms. The van der Waals surface area contributed by atoms with Crippen LogP contribution in [0, 0.1) is 13.8 Å². The molecule has 0 atom stereocenters. The number of rotatable bonds is 3. The lowest BCUT2D eigenvalue weighted by Crippen LogP contribution is -1.87. The molecule has 0 radical (unpaired) electrons. The van der Waals surface area contributed by atoms with Gasteiger partial charge >= 0.3 is 0 Å². The molecule has 0 bridgehead atoms. The molecule has 0 aliphatic rings. The van der Waals surface area contributed by atoms with Crippen LogP contribution in [0.25, 0.3) is 0 Å². The zero-order chi connectivity index (χ0) is 18.2. The van der Waals surface area contributed by atoms with Gasteiger partial charge < -0.3 is 0 Å². The molecule has 2 heterocycles. The molecule has 0 saturated carbocycles. The molecular weight excluding hydrogens is 395 g/mol. The lowest BCUT2D eigenvalue weighted by atomic mass is 10.2. The van der Waals surface area contributed by atoms with Gasteiger partial charge in [-0.05, 0) is 42.7 Å². The number of benzene rings is 1. The van der Waals surface area contributed by atoms with Gasteiger partial charge in [0.1, 0.15) is 20.5 Å². The highest BCUT2D eigenvalue weighted by Crippen LogP contribution is 2.25. The third kappa shape index (κ3) is 6.87. The molecule has 0 unspecified atom stereocenters. The van der Waals surface area contributed by atoms with Crippen molar-refractivity contribution in [2.45, 2.75) is 24.6 Å². The van der Waals surface area contributed by atoms with Crippen molar-refractivity contribution < 1.29 is 0 Å². The minimum absolute atomic E-state index is 0.436. The highest BCUT2D eigenvalue weighted by atomic mass is 35.5. The summed E-state index contributed by atoms with van der Waals surface area (Å²) in [6, 6.07) is 17.7. The lowest BCUT2D eigenvalue weighted by molar-refractivity contribution is 1.08. The summed E-state index contributed by atoms with van der Waals surface area (Å²) in [5.41, 5.74) is 3.42. The topological polar surface area (TPSA) is 25.8 Å². The first kappa shape index (κ1) is 20.1. The van der Waals surface area contributed by atoms with E-state index in [1.807, 2.05) is 43.3 Å². The fourth-order valence-corrected chi connectivity index (χ4v) is 3.34.